The molecule has 0 aliphatic heterocycles. The second-order valence-corrected chi connectivity index (χ2v) is 3.78. The normalized spacial score (nSPS) is 13.1. The quantitative estimate of drug-likeness (QED) is 0.752. The zero-order valence-electron chi connectivity index (χ0n) is 9.45. The van der Waals surface area contributed by atoms with E-state index < -0.39 is 0 Å². The average molecular weight is 195 g/mol. The number of hydrogen-bond acceptors (Lipinski definition) is 2. The van der Waals surface area contributed by atoms with Crippen molar-refractivity contribution in [2.24, 2.45) is 5.92 Å². The molecule has 80 valence electrons. The van der Waals surface area contributed by atoms with Gasteiger partial charge >= 0.3 is 0 Å². The lowest BCUT2D eigenvalue weighted by molar-refractivity contribution is 0.486. The van der Waals surface area contributed by atoms with Crippen LogP contribution < -0.4 is 5.32 Å². The highest BCUT2D eigenvalue weighted by atomic mass is 15.3. The van der Waals surface area contributed by atoms with Crippen molar-refractivity contribution in [1.82, 2.24) is 15.1 Å². The van der Waals surface area contributed by atoms with Gasteiger partial charge in [0.2, 0.25) is 0 Å². The molecule has 0 spiro atoms. The summed E-state index contributed by atoms with van der Waals surface area (Å²) in [5.74, 6) is 0.757. The predicted octanol–water partition coefficient (Wildman–Crippen LogP) is 2.04. The van der Waals surface area contributed by atoms with Gasteiger partial charge in [0.05, 0.1) is 5.69 Å². The number of nitrogens with one attached hydrogen (secondary N) is 1. The summed E-state index contributed by atoms with van der Waals surface area (Å²) in [7, 11) is 0. The summed E-state index contributed by atoms with van der Waals surface area (Å²) in [5.41, 5.74) is 1.27. The standard InChI is InChI=1S/C11H21N3/c1-4-10(3)8-12-9-11-6-7-13-14(11)5-2/h6-7,10,12H,4-5,8-9H2,1-3H3. The van der Waals surface area contributed by atoms with Gasteiger partial charge in [-0.1, -0.05) is 20.3 Å². The smallest absolute Gasteiger partial charge is 0.0521 e. The molecule has 1 heterocycles. The Morgan fingerprint density at radius 1 is 1.50 bits per heavy atom. The van der Waals surface area contributed by atoms with E-state index in [1.807, 2.05) is 10.9 Å². The summed E-state index contributed by atoms with van der Waals surface area (Å²) in [6.45, 7) is 9.58. The van der Waals surface area contributed by atoms with Crippen molar-refractivity contribution in [3.8, 4) is 0 Å². The van der Waals surface area contributed by atoms with Crippen molar-refractivity contribution in [3.05, 3.63) is 18.0 Å². The third-order valence-electron chi connectivity index (χ3n) is 2.60. The van der Waals surface area contributed by atoms with Crippen molar-refractivity contribution >= 4 is 0 Å². The second-order valence-electron chi connectivity index (χ2n) is 3.78. The van der Waals surface area contributed by atoms with E-state index in [1.54, 1.807) is 0 Å². The van der Waals surface area contributed by atoms with Crippen molar-refractivity contribution in [3.63, 3.8) is 0 Å². The van der Waals surface area contributed by atoms with Crippen molar-refractivity contribution < 1.29 is 0 Å². The highest BCUT2D eigenvalue weighted by Crippen LogP contribution is 2.00. The minimum Gasteiger partial charge on any atom is -0.311 e. The van der Waals surface area contributed by atoms with Crippen LogP contribution in [0, 0.1) is 5.92 Å². The first-order valence-electron chi connectivity index (χ1n) is 5.49. The molecule has 0 saturated carbocycles. The first-order chi connectivity index (χ1) is 6.77. The second kappa shape index (κ2) is 5.81. The van der Waals surface area contributed by atoms with Crippen LogP contribution in [-0.4, -0.2) is 16.3 Å². The van der Waals surface area contributed by atoms with Gasteiger partial charge < -0.3 is 5.32 Å². The monoisotopic (exact) mass is 195 g/mol. The molecule has 0 fully saturated rings. The third-order valence-corrected chi connectivity index (χ3v) is 2.60. The molecule has 3 nitrogen and oxygen atoms in total. The number of hydrogen-bond donors (Lipinski definition) is 1. The molecule has 14 heavy (non-hydrogen) atoms. The molecule has 0 aromatic carbocycles. The fourth-order valence-electron chi connectivity index (χ4n) is 1.39. The molecule has 0 saturated heterocycles. The summed E-state index contributed by atoms with van der Waals surface area (Å²) in [6, 6.07) is 2.08. The fourth-order valence-corrected chi connectivity index (χ4v) is 1.39. The van der Waals surface area contributed by atoms with Gasteiger partial charge in [-0.15, -0.1) is 0 Å². The lowest BCUT2D eigenvalue weighted by Gasteiger charge is -2.10. The lowest BCUT2D eigenvalue weighted by Crippen LogP contribution is -2.22. The van der Waals surface area contributed by atoms with Crippen molar-refractivity contribution in [2.75, 3.05) is 6.54 Å². The van der Waals surface area contributed by atoms with Gasteiger partial charge in [0, 0.05) is 19.3 Å². The molecule has 0 amide bonds. The van der Waals surface area contributed by atoms with Gasteiger partial charge in [0.25, 0.3) is 0 Å². The van der Waals surface area contributed by atoms with E-state index >= 15 is 0 Å². The zero-order chi connectivity index (χ0) is 10.4. The minimum atomic E-state index is 0.757. The van der Waals surface area contributed by atoms with E-state index in [2.05, 4.69) is 37.3 Å². The molecule has 1 aromatic heterocycles. The van der Waals surface area contributed by atoms with Gasteiger partial charge in [0.1, 0.15) is 0 Å². The van der Waals surface area contributed by atoms with Crippen LogP contribution in [0.2, 0.25) is 0 Å². The van der Waals surface area contributed by atoms with Crippen LogP contribution in [0.5, 0.6) is 0 Å². The van der Waals surface area contributed by atoms with E-state index in [1.165, 1.54) is 12.1 Å². The van der Waals surface area contributed by atoms with Gasteiger partial charge in [-0.3, -0.25) is 4.68 Å². The van der Waals surface area contributed by atoms with Crippen LogP contribution in [0.1, 0.15) is 32.9 Å². The van der Waals surface area contributed by atoms with Gasteiger partial charge in [-0.25, -0.2) is 0 Å². The Kier molecular flexibility index (Phi) is 4.66. The Morgan fingerprint density at radius 3 is 2.93 bits per heavy atom. The lowest BCUT2D eigenvalue weighted by atomic mass is 10.1. The summed E-state index contributed by atoms with van der Waals surface area (Å²) < 4.78 is 2.03. The molecule has 0 radical (unpaired) electrons. The average Bonchev–Trinajstić information content (AvgIpc) is 2.65. The Bertz CT molecular complexity index is 255. The minimum absolute atomic E-state index is 0.757. The highest BCUT2D eigenvalue weighted by molar-refractivity contribution is 4.99. The van der Waals surface area contributed by atoms with E-state index in [0.717, 1.165) is 25.6 Å². The molecular formula is C11H21N3. The molecule has 1 unspecified atom stereocenters. The summed E-state index contributed by atoms with van der Waals surface area (Å²) >= 11 is 0. The maximum Gasteiger partial charge on any atom is 0.0521 e. The van der Waals surface area contributed by atoms with Crippen LogP contribution in [0.15, 0.2) is 12.3 Å². The van der Waals surface area contributed by atoms with Crippen LogP contribution in [0.4, 0.5) is 0 Å². The van der Waals surface area contributed by atoms with E-state index in [4.69, 9.17) is 0 Å². The summed E-state index contributed by atoms with van der Waals surface area (Å²) in [5, 5.41) is 7.68. The Labute approximate surface area is 86.5 Å². The van der Waals surface area contributed by atoms with Crippen molar-refractivity contribution in [2.45, 2.75) is 40.3 Å². The fraction of sp³-hybridized carbons (Fsp3) is 0.727. The molecule has 1 aromatic rings. The molecule has 3 heteroatoms. The Balaban J connectivity index is 2.31. The van der Waals surface area contributed by atoms with E-state index in [9.17, 15) is 0 Å². The zero-order valence-corrected chi connectivity index (χ0v) is 9.45. The van der Waals surface area contributed by atoms with Gasteiger partial charge in [-0.05, 0) is 25.5 Å². The van der Waals surface area contributed by atoms with Crippen molar-refractivity contribution in [1.29, 1.82) is 0 Å². The van der Waals surface area contributed by atoms with Crippen LogP contribution in [0.25, 0.3) is 0 Å². The topological polar surface area (TPSA) is 29.9 Å². The number of nitrogens with zero attached hydrogens (tertiary/aromatic N) is 2. The van der Waals surface area contributed by atoms with Gasteiger partial charge in [0.15, 0.2) is 0 Å². The largest absolute Gasteiger partial charge is 0.311 e. The first-order valence-corrected chi connectivity index (χ1v) is 5.49. The van der Waals surface area contributed by atoms with Crippen LogP contribution in [0.3, 0.4) is 0 Å². The highest BCUT2D eigenvalue weighted by Gasteiger charge is 2.01. The predicted molar refractivity (Wildman–Crippen MR) is 59.1 cm³/mol. The molecule has 1 atom stereocenters. The summed E-state index contributed by atoms with van der Waals surface area (Å²) in [6.07, 6.45) is 3.10. The Hall–Kier alpha value is -0.830. The first kappa shape index (κ1) is 11.2. The van der Waals surface area contributed by atoms with Crippen LogP contribution in [-0.2, 0) is 13.1 Å². The molecule has 0 aliphatic carbocycles. The maximum absolute atomic E-state index is 4.23. The molecular weight excluding hydrogens is 174 g/mol. The van der Waals surface area contributed by atoms with Gasteiger partial charge in [-0.2, -0.15) is 5.10 Å². The Morgan fingerprint density at radius 2 is 2.29 bits per heavy atom. The molecule has 1 N–H and O–H groups in total. The summed E-state index contributed by atoms with van der Waals surface area (Å²) in [4.78, 5) is 0. The number of aryl methyl sites for hydroxylation is 1. The van der Waals surface area contributed by atoms with Crippen LogP contribution >= 0.6 is 0 Å². The van der Waals surface area contributed by atoms with E-state index in [0.29, 0.717) is 0 Å². The number of rotatable bonds is 6. The third kappa shape index (κ3) is 3.14. The van der Waals surface area contributed by atoms with E-state index in [-0.39, 0.29) is 0 Å². The molecule has 0 bridgehead atoms. The molecule has 1 rings (SSSR count). The molecule has 0 aliphatic rings. The maximum atomic E-state index is 4.23. The number of aromatic nitrogens is 2. The SMILES string of the molecule is CCC(C)CNCc1ccnn1CC.